The lowest BCUT2D eigenvalue weighted by molar-refractivity contribution is -0.134. The van der Waals surface area contributed by atoms with E-state index in [0.29, 0.717) is 5.56 Å². The summed E-state index contributed by atoms with van der Waals surface area (Å²) in [7, 11) is -4.22. The predicted molar refractivity (Wildman–Crippen MR) is 56.0 cm³/mol. The zero-order chi connectivity index (χ0) is 12.9. The number of aryl methyl sites for hydroxylation is 1. The Labute approximate surface area is 92.9 Å². The highest BCUT2D eigenvalue weighted by molar-refractivity contribution is 7.85. The van der Waals surface area contributed by atoms with E-state index in [1.165, 1.54) is 19.1 Å². The van der Waals surface area contributed by atoms with Crippen molar-refractivity contribution in [1.82, 2.24) is 0 Å². The number of hydrogen-bond acceptors (Lipinski definition) is 4. The van der Waals surface area contributed by atoms with Crippen molar-refractivity contribution in [3.63, 3.8) is 0 Å². The smallest absolute Gasteiger partial charge is 0.300 e. The van der Waals surface area contributed by atoms with Gasteiger partial charge >= 0.3 is 0 Å². The van der Waals surface area contributed by atoms with Gasteiger partial charge in [-0.25, -0.2) is 0 Å². The van der Waals surface area contributed by atoms with E-state index >= 15 is 0 Å². The number of hydrogen-bond donors (Lipinski definition) is 3. The molecule has 1 aromatic carbocycles. The first-order valence-corrected chi connectivity index (χ1v) is 5.55. The van der Waals surface area contributed by atoms with Crippen LogP contribution in [0.3, 0.4) is 0 Å². The van der Waals surface area contributed by atoms with Gasteiger partial charge in [0.1, 0.15) is 10.6 Å². The van der Waals surface area contributed by atoms with Gasteiger partial charge in [0.25, 0.3) is 16.1 Å². The third-order valence-corrected chi connectivity index (χ3v) is 2.45. The Balaban J connectivity index is 0.000000487. The second kappa shape index (κ2) is 5.47. The number of carboxylic acids is 1. The first-order chi connectivity index (χ1) is 7.14. The zero-order valence-corrected chi connectivity index (χ0v) is 9.52. The molecule has 16 heavy (non-hydrogen) atoms. The minimum atomic E-state index is -4.22. The Kier molecular flexibility index (Phi) is 4.93. The largest absolute Gasteiger partial charge is 0.508 e. The van der Waals surface area contributed by atoms with E-state index < -0.39 is 16.1 Å². The van der Waals surface area contributed by atoms with Crippen LogP contribution in [0.15, 0.2) is 23.1 Å². The molecule has 1 rings (SSSR count). The van der Waals surface area contributed by atoms with Crippen LogP contribution >= 0.6 is 0 Å². The lowest BCUT2D eigenvalue weighted by Gasteiger charge is -2.01. The van der Waals surface area contributed by atoms with Gasteiger partial charge in [0, 0.05) is 13.0 Å². The summed E-state index contributed by atoms with van der Waals surface area (Å²) in [6.45, 7) is 2.61. The molecule has 3 N–H and O–H groups in total. The molecular weight excluding hydrogens is 236 g/mol. The Bertz CT molecular complexity index is 473. The maximum absolute atomic E-state index is 10.7. The van der Waals surface area contributed by atoms with Crippen molar-refractivity contribution in [3.05, 3.63) is 23.8 Å². The number of carboxylic acid groups (broad SMARTS) is 1. The summed E-state index contributed by atoms with van der Waals surface area (Å²) in [5, 5.41) is 16.3. The fourth-order valence-corrected chi connectivity index (χ4v) is 1.61. The maximum atomic E-state index is 10.7. The second-order valence-electron chi connectivity index (χ2n) is 2.94. The van der Waals surface area contributed by atoms with Gasteiger partial charge in [0.2, 0.25) is 0 Å². The molecule has 0 unspecified atom stereocenters. The normalized spacial score (nSPS) is 10.2. The molecular formula is C9H12O6S. The topological polar surface area (TPSA) is 112 Å². The van der Waals surface area contributed by atoms with E-state index in [9.17, 15) is 8.42 Å². The predicted octanol–water partition coefficient (Wildman–Crippen LogP) is 1.04. The van der Waals surface area contributed by atoms with Crippen molar-refractivity contribution in [2.24, 2.45) is 0 Å². The van der Waals surface area contributed by atoms with Crippen LogP contribution in [0.1, 0.15) is 12.5 Å². The van der Waals surface area contributed by atoms with Crippen molar-refractivity contribution in [1.29, 1.82) is 0 Å². The van der Waals surface area contributed by atoms with Crippen LogP contribution in [0.4, 0.5) is 0 Å². The lowest BCUT2D eigenvalue weighted by atomic mass is 10.2. The fourth-order valence-electron chi connectivity index (χ4n) is 0.867. The number of aromatic hydroxyl groups is 1. The maximum Gasteiger partial charge on any atom is 0.300 e. The molecule has 90 valence electrons. The van der Waals surface area contributed by atoms with E-state index in [0.717, 1.165) is 13.0 Å². The molecule has 0 aromatic heterocycles. The summed E-state index contributed by atoms with van der Waals surface area (Å²) < 4.78 is 30.0. The van der Waals surface area contributed by atoms with Crippen molar-refractivity contribution in [2.75, 3.05) is 0 Å². The molecule has 0 bridgehead atoms. The van der Waals surface area contributed by atoms with E-state index in [1.807, 2.05) is 0 Å². The van der Waals surface area contributed by atoms with E-state index in [4.69, 9.17) is 19.6 Å². The molecule has 0 amide bonds. The average molecular weight is 248 g/mol. The highest BCUT2D eigenvalue weighted by Gasteiger charge is 2.12. The van der Waals surface area contributed by atoms with Crippen LogP contribution in [0.5, 0.6) is 5.75 Å². The van der Waals surface area contributed by atoms with Gasteiger partial charge in [-0.05, 0) is 18.6 Å². The van der Waals surface area contributed by atoms with Gasteiger partial charge in [-0.1, -0.05) is 6.07 Å². The summed E-state index contributed by atoms with van der Waals surface area (Å²) in [5.74, 6) is -1.02. The van der Waals surface area contributed by atoms with Crippen LogP contribution < -0.4 is 0 Å². The highest BCUT2D eigenvalue weighted by Crippen LogP contribution is 2.19. The highest BCUT2D eigenvalue weighted by atomic mass is 32.2. The quantitative estimate of drug-likeness (QED) is 0.640. The van der Waals surface area contributed by atoms with Crippen LogP contribution in [0.25, 0.3) is 0 Å². The monoisotopic (exact) mass is 248 g/mol. The van der Waals surface area contributed by atoms with Gasteiger partial charge in [-0.2, -0.15) is 8.42 Å². The van der Waals surface area contributed by atoms with Gasteiger partial charge in [0.05, 0.1) is 0 Å². The average Bonchev–Trinajstić information content (AvgIpc) is 2.06. The number of phenolic OH excluding ortho intramolecular Hbond substituents is 1. The third kappa shape index (κ3) is 5.32. The molecule has 0 radical (unpaired) electrons. The molecule has 0 saturated heterocycles. The Morgan fingerprint density at radius 1 is 1.31 bits per heavy atom. The molecule has 0 aliphatic rings. The van der Waals surface area contributed by atoms with Gasteiger partial charge in [0.15, 0.2) is 0 Å². The molecule has 0 atom stereocenters. The van der Waals surface area contributed by atoms with Crippen LogP contribution in [-0.4, -0.2) is 29.2 Å². The van der Waals surface area contributed by atoms with Crippen LogP contribution in [-0.2, 0) is 14.9 Å². The number of carbonyl (C=O) groups is 1. The Morgan fingerprint density at radius 2 is 1.75 bits per heavy atom. The molecule has 0 spiro atoms. The third-order valence-electron chi connectivity index (χ3n) is 1.45. The minimum Gasteiger partial charge on any atom is -0.508 e. The van der Waals surface area contributed by atoms with E-state index in [1.54, 1.807) is 0 Å². The van der Waals surface area contributed by atoms with Crippen molar-refractivity contribution in [3.8, 4) is 5.75 Å². The number of phenols is 1. The second-order valence-corrected chi connectivity index (χ2v) is 4.33. The zero-order valence-electron chi connectivity index (χ0n) is 8.71. The van der Waals surface area contributed by atoms with Gasteiger partial charge in [-0.15, -0.1) is 0 Å². The first-order valence-electron chi connectivity index (χ1n) is 4.11. The Morgan fingerprint density at radius 3 is 2.06 bits per heavy atom. The standard InChI is InChI=1S/C7H8O4S.C2H4O2/c1-5-2-3-6(8)4-7(5)12(9,10)11;1-2(3)4/h2-4,8H,1H3,(H,9,10,11);1H3,(H,3,4). The summed E-state index contributed by atoms with van der Waals surface area (Å²) >= 11 is 0. The minimum absolute atomic E-state index is 0.187. The van der Waals surface area contributed by atoms with Gasteiger partial charge < -0.3 is 10.2 Å². The molecule has 0 aliphatic carbocycles. The van der Waals surface area contributed by atoms with E-state index in [2.05, 4.69) is 0 Å². The summed E-state index contributed by atoms with van der Waals surface area (Å²) in [5.41, 5.74) is 0.398. The van der Waals surface area contributed by atoms with Crippen molar-refractivity contribution >= 4 is 16.1 Å². The molecule has 0 saturated carbocycles. The summed E-state index contributed by atoms with van der Waals surface area (Å²) in [4.78, 5) is 8.74. The number of rotatable bonds is 1. The molecule has 1 aromatic rings. The molecule has 6 nitrogen and oxygen atoms in total. The number of aliphatic carboxylic acids is 1. The fraction of sp³-hybridized carbons (Fsp3) is 0.222. The van der Waals surface area contributed by atoms with Crippen LogP contribution in [0, 0.1) is 6.92 Å². The van der Waals surface area contributed by atoms with E-state index in [-0.39, 0.29) is 10.6 Å². The van der Waals surface area contributed by atoms with Gasteiger partial charge in [-0.3, -0.25) is 9.35 Å². The van der Waals surface area contributed by atoms with Crippen LogP contribution in [0.2, 0.25) is 0 Å². The lowest BCUT2D eigenvalue weighted by Crippen LogP contribution is -2.00. The SMILES string of the molecule is CC(=O)O.Cc1ccc(O)cc1S(=O)(=O)O. The molecule has 0 aliphatic heterocycles. The molecule has 0 fully saturated rings. The molecule has 7 heteroatoms. The first kappa shape index (κ1) is 14.4. The summed E-state index contributed by atoms with van der Waals surface area (Å²) in [6, 6.07) is 3.77. The van der Waals surface area contributed by atoms with Crippen molar-refractivity contribution < 1.29 is 28.0 Å². The molecule has 0 heterocycles. The summed E-state index contributed by atoms with van der Waals surface area (Å²) in [6.07, 6.45) is 0. The van der Waals surface area contributed by atoms with Crippen molar-refractivity contribution in [2.45, 2.75) is 18.7 Å². The Hall–Kier alpha value is -1.60. The number of benzene rings is 1.